The zero-order valence-corrected chi connectivity index (χ0v) is 15.9. The second-order valence-electron chi connectivity index (χ2n) is 6.37. The molecule has 0 fully saturated rings. The van der Waals surface area contributed by atoms with E-state index >= 15 is 0 Å². The molecule has 0 saturated heterocycles. The highest BCUT2D eigenvalue weighted by Crippen LogP contribution is 2.24. The lowest BCUT2D eigenvalue weighted by Gasteiger charge is -2.13. The van der Waals surface area contributed by atoms with Crippen LogP contribution >= 0.6 is 0 Å². The highest BCUT2D eigenvalue weighted by Gasteiger charge is 2.17. The van der Waals surface area contributed by atoms with Gasteiger partial charge in [0.25, 0.3) is 5.91 Å². The fourth-order valence-corrected chi connectivity index (χ4v) is 2.95. The maximum atomic E-state index is 12.4. The summed E-state index contributed by atoms with van der Waals surface area (Å²) in [5.74, 6) is 0.336. The third-order valence-electron chi connectivity index (χ3n) is 4.48. The molecule has 1 N–H and O–H groups in total. The van der Waals surface area contributed by atoms with Gasteiger partial charge in [0.05, 0.1) is 20.3 Å². The summed E-state index contributed by atoms with van der Waals surface area (Å²) in [5.41, 5.74) is 2.85. The molecule has 2 aromatic carbocycles. The van der Waals surface area contributed by atoms with Crippen LogP contribution in [0.2, 0.25) is 0 Å². The van der Waals surface area contributed by atoms with E-state index in [9.17, 15) is 9.59 Å². The molecule has 0 radical (unpaired) electrons. The zero-order valence-electron chi connectivity index (χ0n) is 15.9. The van der Waals surface area contributed by atoms with Gasteiger partial charge in [-0.3, -0.25) is 4.79 Å². The van der Waals surface area contributed by atoms with Crippen LogP contribution in [0.3, 0.4) is 0 Å². The second-order valence-corrected chi connectivity index (χ2v) is 6.37. The topological polar surface area (TPSA) is 77.8 Å². The fraction of sp³-hybridized carbons (Fsp3) is 0.273. The number of carbonyl (C=O) groups excluding carboxylic acids is 2. The van der Waals surface area contributed by atoms with Crippen molar-refractivity contribution in [2.24, 2.45) is 0 Å². The SMILES string of the molecule is CCc1ccccc1COCC(C=O)NC(=O)c1cc2cc(OC)ccc2o1. The average molecular weight is 381 g/mol. The molecule has 0 saturated carbocycles. The van der Waals surface area contributed by atoms with E-state index < -0.39 is 11.9 Å². The number of amides is 1. The van der Waals surface area contributed by atoms with Crippen molar-refractivity contribution < 1.29 is 23.5 Å². The Kier molecular flexibility index (Phi) is 6.45. The average Bonchev–Trinajstić information content (AvgIpc) is 3.16. The van der Waals surface area contributed by atoms with Crippen LogP contribution < -0.4 is 10.1 Å². The van der Waals surface area contributed by atoms with Gasteiger partial charge in [-0.25, -0.2) is 0 Å². The van der Waals surface area contributed by atoms with Gasteiger partial charge in [0, 0.05) is 5.39 Å². The molecule has 1 atom stereocenters. The predicted octanol–water partition coefficient (Wildman–Crippen LogP) is 3.52. The van der Waals surface area contributed by atoms with Crippen molar-refractivity contribution in [1.82, 2.24) is 5.32 Å². The number of hydrogen-bond acceptors (Lipinski definition) is 5. The van der Waals surface area contributed by atoms with E-state index in [1.54, 1.807) is 31.4 Å². The first-order valence-corrected chi connectivity index (χ1v) is 9.13. The first-order valence-electron chi connectivity index (χ1n) is 9.13. The molecule has 0 aliphatic rings. The number of carbonyl (C=O) groups is 2. The molecular weight excluding hydrogens is 358 g/mol. The van der Waals surface area contributed by atoms with Gasteiger partial charge in [0.1, 0.15) is 23.7 Å². The van der Waals surface area contributed by atoms with Crippen molar-refractivity contribution in [2.45, 2.75) is 26.0 Å². The number of aryl methyl sites for hydroxylation is 1. The summed E-state index contributed by atoms with van der Waals surface area (Å²) in [6.45, 7) is 2.55. The maximum absolute atomic E-state index is 12.4. The molecule has 0 aliphatic heterocycles. The summed E-state index contributed by atoms with van der Waals surface area (Å²) in [6, 6.07) is 14.1. The Bertz CT molecular complexity index is 962. The largest absolute Gasteiger partial charge is 0.497 e. The van der Waals surface area contributed by atoms with Crippen molar-refractivity contribution in [3.63, 3.8) is 0 Å². The minimum absolute atomic E-state index is 0.0847. The lowest BCUT2D eigenvalue weighted by molar-refractivity contribution is -0.110. The molecule has 0 aliphatic carbocycles. The first kappa shape index (κ1) is 19.6. The van der Waals surface area contributed by atoms with Crippen LogP contribution in [0.15, 0.2) is 52.9 Å². The Morgan fingerprint density at radius 1 is 1.18 bits per heavy atom. The van der Waals surface area contributed by atoms with E-state index in [0.717, 1.165) is 17.4 Å². The van der Waals surface area contributed by atoms with Gasteiger partial charge in [0.15, 0.2) is 5.76 Å². The fourth-order valence-electron chi connectivity index (χ4n) is 2.95. The van der Waals surface area contributed by atoms with Crippen molar-refractivity contribution in [2.75, 3.05) is 13.7 Å². The number of fused-ring (bicyclic) bond motifs is 1. The van der Waals surface area contributed by atoms with E-state index in [-0.39, 0.29) is 12.4 Å². The van der Waals surface area contributed by atoms with Crippen LogP contribution in [-0.4, -0.2) is 32.0 Å². The lowest BCUT2D eigenvalue weighted by Crippen LogP contribution is -2.39. The van der Waals surface area contributed by atoms with Crippen LogP contribution in [0, 0.1) is 0 Å². The summed E-state index contributed by atoms with van der Waals surface area (Å²) in [6.07, 6.45) is 1.57. The first-order chi connectivity index (χ1) is 13.6. The summed E-state index contributed by atoms with van der Waals surface area (Å²) in [4.78, 5) is 23.8. The third-order valence-corrected chi connectivity index (χ3v) is 4.48. The van der Waals surface area contributed by atoms with E-state index in [1.165, 1.54) is 5.56 Å². The van der Waals surface area contributed by atoms with Crippen molar-refractivity contribution in [3.05, 3.63) is 65.4 Å². The number of ether oxygens (including phenoxy) is 2. The molecule has 0 bridgehead atoms. The number of furan rings is 1. The van der Waals surface area contributed by atoms with Crippen LogP contribution in [0.1, 0.15) is 28.6 Å². The normalized spacial score (nSPS) is 11.9. The molecule has 6 heteroatoms. The van der Waals surface area contributed by atoms with Gasteiger partial charge >= 0.3 is 0 Å². The monoisotopic (exact) mass is 381 g/mol. The summed E-state index contributed by atoms with van der Waals surface area (Å²) in [5, 5.41) is 3.38. The highest BCUT2D eigenvalue weighted by molar-refractivity contribution is 5.97. The molecular formula is C22H23NO5. The van der Waals surface area contributed by atoms with E-state index in [2.05, 4.69) is 12.2 Å². The van der Waals surface area contributed by atoms with Crippen molar-refractivity contribution in [1.29, 1.82) is 0 Å². The van der Waals surface area contributed by atoms with Gasteiger partial charge in [-0.2, -0.15) is 0 Å². The Balaban J connectivity index is 1.59. The molecule has 1 amide bonds. The maximum Gasteiger partial charge on any atom is 0.287 e. The quantitative estimate of drug-likeness (QED) is 0.574. The molecule has 146 valence electrons. The van der Waals surface area contributed by atoms with Gasteiger partial charge in [0.2, 0.25) is 0 Å². The van der Waals surface area contributed by atoms with Gasteiger partial charge in [-0.15, -0.1) is 0 Å². The second kappa shape index (κ2) is 9.19. The van der Waals surface area contributed by atoms with Crippen LogP contribution in [0.25, 0.3) is 11.0 Å². The molecule has 0 spiro atoms. The Hall–Kier alpha value is -3.12. The van der Waals surface area contributed by atoms with E-state index in [4.69, 9.17) is 13.9 Å². The van der Waals surface area contributed by atoms with Gasteiger partial charge in [-0.1, -0.05) is 31.2 Å². The highest BCUT2D eigenvalue weighted by atomic mass is 16.5. The molecule has 3 rings (SSSR count). The lowest BCUT2D eigenvalue weighted by atomic mass is 10.1. The minimum atomic E-state index is -0.760. The standard InChI is InChI=1S/C22H23NO5/c1-3-15-6-4-5-7-16(15)13-27-14-18(12-24)23-22(25)21-11-17-10-19(26-2)8-9-20(17)28-21/h4-12,18H,3,13-14H2,1-2H3,(H,23,25). The molecule has 6 nitrogen and oxygen atoms in total. The van der Waals surface area contributed by atoms with Crippen molar-refractivity contribution in [3.8, 4) is 5.75 Å². The van der Waals surface area contributed by atoms with Gasteiger partial charge < -0.3 is 24.0 Å². The summed E-state index contributed by atoms with van der Waals surface area (Å²) < 4.78 is 16.4. The van der Waals surface area contributed by atoms with Crippen LogP contribution in [-0.2, 0) is 22.6 Å². The third kappa shape index (κ3) is 4.58. The molecule has 3 aromatic rings. The van der Waals surface area contributed by atoms with E-state index in [0.29, 0.717) is 24.2 Å². The number of aldehydes is 1. The number of nitrogens with one attached hydrogen (secondary N) is 1. The number of hydrogen-bond donors (Lipinski definition) is 1. The molecule has 1 aromatic heterocycles. The summed E-state index contributed by atoms with van der Waals surface area (Å²) in [7, 11) is 1.57. The number of methoxy groups -OCH3 is 1. The predicted molar refractivity (Wildman–Crippen MR) is 106 cm³/mol. The van der Waals surface area contributed by atoms with Gasteiger partial charge in [-0.05, 0) is 41.8 Å². The molecule has 28 heavy (non-hydrogen) atoms. The van der Waals surface area contributed by atoms with Crippen LogP contribution in [0.5, 0.6) is 5.75 Å². The van der Waals surface area contributed by atoms with E-state index in [1.807, 2.05) is 24.3 Å². The number of benzene rings is 2. The smallest absolute Gasteiger partial charge is 0.287 e. The Labute approximate surface area is 163 Å². The number of rotatable bonds is 9. The summed E-state index contributed by atoms with van der Waals surface area (Å²) >= 11 is 0. The van der Waals surface area contributed by atoms with Crippen molar-refractivity contribution >= 4 is 23.2 Å². The molecule has 1 heterocycles. The molecule has 1 unspecified atom stereocenters. The minimum Gasteiger partial charge on any atom is -0.497 e. The Morgan fingerprint density at radius 3 is 2.68 bits per heavy atom. The van der Waals surface area contributed by atoms with Crippen LogP contribution in [0.4, 0.5) is 0 Å². The zero-order chi connectivity index (χ0) is 19.9. The Morgan fingerprint density at radius 2 is 1.96 bits per heavy atom.